The number of ether oxygens (including phenoxy) is 2. The number of benzene rings is 2. The number of rotatable bonds is 4. The number of hydrogen-bond acceptors (Lipinski definition) is 4. The van der Waals surface area contributed by atoms with Crippen molar-refractivity contribution in [2.75, 3.05) is 19.1 Å². The minimum Gasteiger partial charge on any atom is -0.493 e. The second kappa shape index (κ2) is 6.61. The summed E-state index contributed by atoms with van der Waals surface area (Å²) in [6.07, 6.45) is 0. The molecule has 1 heterocycles. The van der Waals surface area contributed by atoms with Crippen molar-refractivity contribution in [1.82, 2.24) is 0 Å². The van der Waals surface area contributed by atoms with E-state index in [1.807, 2.05) is 19.1 Å². The van der Waals surface area contributed by atoms with Gasteiger partial charge in [-0.1, -0.05) is 35.9 Å². The Bertz CT molecular complexity index is 904. The molecule has 2 amide bonds. The monoisotopic (exact) mass is 357 g/mol. The fourth-order valence-electron chi connectivity index (χ4n) is 2.78. The van der Waals surface area contributed by atoms with Crippen LogP contribution >= 0.6 is 11.6 Å². The molecule has 0 saturated carbocycles. The first-order valence-electron chi connectivity index (χ1n) is 7.56. The fourth-order valence-corrected chi connectivity index (χ4v) is 3.05. The third kappa shape index (κ3) is 2.76. The lowest BCUT2D eigenvalue weighted by molar-refractivity contribution is -0.119. The zero-order valence-electron chi connectivity index (χ0n) is 14.0. The lowest BCUT2D eigenvalue weighted by Gasteiger charge is -2.17. The number of nitrogens with zero attached hydrogens (tertiary/aromatic N) is 1. The Morgan fingerprint density at radius 3 is 2.24 bits per heavy atom. The average Bonchev–Trinajstić information content (AvgIpc) is 2.84. The second-order valence-electron chi connectivity index (χ2n) is 5.49. The van der Waals surface area contributed by atoms with Crippen molar-refractivity contribution in [2.45, 2.75) is 6.92 Å². The molecule has 5 nitrogen and oxygen atoms in total. The lowest BCUT2D eigenvalue weighted by Crippen LogP contribution is -2.31. The molecule has 1 aliphatic heterocycles. The van der Waals surface area contributed by atoms with E-state index in [1.165, 1.54) is 14.2 Å². The molecular formula is C19H16ClNO4. The van der Waals surface area contributed by atoms with Gasteiger partial charge in [-0.2, -0.15) is 0 Å². The molecule has 0 bridgehead atoms. The normalized spacial score (nSPS) is 14.3. The molecule has 2 aromatic rings. The highest BCUT2D eigenvalue weighted by Gasteiger charge is 2.39. The Hall–Kier alpha value is -2.79. The van der Waals surface area contributed by atoms with Crippen LogP contribution in [0, 0.1) is 6.92 Å². The van der Waals surface area contributed by atoms with Gasteiger partial charge >= 0.3 is 0 Å². The number of imide groups is 1. The Morgan fingerprint density at radius 2 is 1.60 bits per heavy atom. The van der Waals surface area contributed by atoms with Crippen molar-refractivity contribution in [3.63, 3.8) is 0 Å². The zero-order valence-corrected chi connectivity index (χ0v) is 14.8. The molecule has 128 valence electrons. The third-order valence-corrected chi connectivity index (χ3v) is 4.41. The first-order chi connectivity index (χ1) is 12.0. The van der Waals surface area contributed by atoms with Gasteiger partial charge in [0.15, 0.2) is 11.5 Å². The largest absolute Gasteiger partial charge is 0.493 e. The van der Waals surface area contributed by atoms with Gasteiger partial charge in [0.05, 0.1) is 25.5 Å². The van der Waals surface area contributed by atoms with E-state index in [0.29, 0.717) is 22.7 Å². The van der Waals surface area contributed by atoms with Gasteiger partial charge in [0.1, 0.15) is 5.03 Å². The fraction of sp³-hybridized carbons (Fsp3) is 0.158. The average molecular weight is 358 g/mol. The molecule has 0 aliphatic carbocycles. The number of hydrogen-bond donors (Lipinski definition) is 0. The number of halogens is 1. The van der Waals surface area contributed by atoms with Crippen molar-refractivity contribution in [1.29, 1.82) is 0 Å². The number of aryl methyl sites for hydroxylation is 1. The topological polar surface area (TPSA) is 55.8 Å². The Morgan fingerprint density at radius 1 is 0.920 bits per heavy atom. The van der Waals surface area contributed by atoms with Crippen LogP contribution in [0.15, 0.2) is 47.5 Å². The predicted octanol–water partition coefficient (Wildman–Crippen LogP) is 3.54. The van der Waals surface area contributed by atoms with Gasteiger partial charge in [0.25, 0.3) is 11.8 Å². The van der Waals surface area contributed by atoms with Crippen LogP contribution in [0.4, 0.5) is 5.69 Å². The molecule has 0 aromatic heterocycles. The minimum absolute atomic E-state index is 0.111. The maximum atomic E-state index is 12.9. The second-order valence-corrected chi connectivity index (χ2v) is 5.87. The molecule has 3 rings (SSSR count). The predicted molar refractivity (Wildman–Crippen MR) is 96.0 cm³/mol. The summed E-state index contributed by atoms with van der Waals surface area (Å²) in [5, 5.41) is -0.111. The Balaban J connectivity index is 2.08. The quantitative estimate of drug-likeness (QED) is 0.785. The van der Waals surface area contributed by atoms with Gasteiger partial charge < -0.3 is 9.47 Å². The lowest BCUT2D eigenvalue weighted by atomic mass is 10.1. The molecule has 0 radical (unpaired) electrons. The number of anilines is 1. The number of para-hydroxylation sites is 1. The summed E-state index contributed by atoms with van der Waals surface area (Å²) in [7, 11) is 3.02. The van der Waals surface area contributed by atoms with E-state index in [0.717, 1.165) is 10.5 Å². The summed E-state index contributed by atoms with van der Waals surface area (Å²) in [5.41, 5.74) is 1.97. The van der Waals surface area contributed by atoms with E-state index in [9.17, 15) is 9.59 Å². The summed E-state index contributed by atoms with van der Waals surface area (Å²) in [5.74, 6) is -0.0238. The molecule has 6 heteroatoms. The van der Waals surface area contributed by atoms with Crippen molar-refractivity contribution in [2.24, 2.45) is 0 Å². The number of amides is 2. The van der Waals surface area contributed by atoms with Crippen molar-refractivity contribution >= 4 is 34.7 Å². The standard InChI is InChI=1S/C19H16ClNO4/c1-11-6-4-5-7-13(11)21-18(22)16(17(20)19(21)23)12-8-9-14(24-2)15(10-12)25-3/h4-10H,1-3H3. The van der Waals surface area contributed by atoms with Crippen LogP contribution in [0.2, 0.25) is 0 Å². The van der Waals surface area contributed by atoms with Gasteiger partial charge in [0.2, 0.25) is 0 Å². The van der Waals surface area contributed by atoms with Crippen LogP contribution in [0.25, 0.3) is 5.57 Å². The maximum absolute atomic E-state index is 12.9. The molecule has 0 saturated heterocycles. The van der Waals surface area contributed by atoms with E-state index >= 15 is 0 Å². The summed E-state index contributed by atoms with van der Waals surface area (Å²) >= 11 is 6.22. The zero-order chi connectivity index (χ0) is 18.1. The summed E-state index contributed by atoms with van der Waals surface area (Å²) in [6.45, 7) is 1.83. The van der Waals surface area contributed by atoms with Crippen LogP contribution in [0.1, 0.15) is 11.1 Å². The molecule has 0 spiro atoms. The van der Waals surface area contributed by atoms with Gasteiger partial charge in [0, 0.05) is 0 Å². The van der Waals surface area contributed by atoms with Gasteiger partial charge in [-0.25, -0.2) is 4.90 Å². The number of carbonyl (C=O) groups is 2. The number of carbonyl (C=O) groups excluding carboxylic acids is 2. The summed E-state index contributed by atoms with van der Waals surface area (Å²) in [4.78, 5) is 26.6. The molecule has 1 aliphatic rings. The van der Waals surface area contributed by atoms with Gasteiger partial charge in [-0.3, -0.25) is 9.59 Å². The summed E-state index contributed by atoms with van der Waals surface area (Å²) < 4.78 is 10.5. The molecular weight excluding hydrogens is 342 g/mol. The Labute approximate surface area is 150 Å². The molecule has 0 unspecified atom stereocenters. The first-order valence-corrected chi connectivity index (χ1v) is 7.94. The van der Waals surface area contributed by atoms with Crippen molar-refractivity contribution in [3.8, 4) is 11.5 Å². The minimum atomic E-state index is -0.536. The highest BCUT2D eigenvalue weighted by atomic mass is 35.5. The van der Waals surface area contributed by atoms with Crippen LogP contribution in [-0.4, -0.2) is 26.0 Å². The van der Waals surface area contributed by atoms with Gasteiger partial charge in [-0.05, 0) is 36.2 Å². The van der Waals surface area contributed by atoms with E-state index in [4.69, 9.17) is 21.1 Å². The molecule has 25 heavy (non-hydrogen) atoms. The number of methoxy groups -OCH3 is 2. The highest BCUT2D eigenvalue weighted by molar-refractivity contribution is 6.60. The van der Waals surface area contributed by atoms with Crippen LogP contribution in [0.3, 0.4) is 0 Å². The van der Waals surface area contributed by atoms with Gasteiger partial charge in [-0.15, -0.1) is 0 Å². The molecule has 0 N–H and O–H groups in total. The van der Waals surface area contributed by atoms with Crippen LogP contribution in [0.5, 0.6) is 11.5 Å². The highest BCUT2D eigenvalue weighted by Crippen LogP contribution is 2.38. The van der Waals surface area contributed by atoms with E-state index in [1.54, 1.807) is 30.3 Å². The first kappa shape index (κ1) is 17.0. The van der Waals surface area contributed by atoms with Crippen LogP contribution in [-0.2, 0) is 9.59 Å². The van der Waals surface area contributed by atoms with E-state index < -0.39 is 11.8 Å². The molecule has 2 aromatic carbocycles. The molecule has 0 fully saturated rings. The molecule has 0 atom stereocenters. The maximum Gasteiger partial charge on any atom is 0.277 e. The van der Waals surface area contributed by atoms with Crippen LogP contribution < -0.4 is 14.4 Å². The van der Waals surface area contributed by atoms with Crippen molar-refractivity contribution in [3.05, 3.63) is 58.6 Å². The van der Waals surface area contributed by atoms with E-state index in [2.05, 4.69) is 0 Å². The van der Waals surface area contributed by atoms with E-state index in [-0.39, 0.29) is 10.6 Å². The summed E-state index contributed by atoms with van der Waals surface area (Å²) in [6, 6.07) is 12.1. The van der Waals surface area contributed by atoms with Crippen molar-refractivity contribution < 1.29 is 19.1 Å². The smallest absolute Gasteiger partial charge is 0.277 e. The third-order valence-electron chi connectivity index (χ3n) is 4.06. The Kier molecular flexibility index (Phi) is 4.51. The SMILES string of the molecule is COc1ccc(C2=C(Cl)C(=O)N(c3ccccc3C)C2=O)cc1OC.